The van der Waals surface area contributed by atoms with E-state index < -0.39 is 18.1 Å². The van der Waals surface area contributed by atoms with Gasteiger partial charge >= 0.3 is 5.97 Å². The van der Waals surface area contributed by atoms with E-state index in [-0.39, 0.29) is 30.3 Å². The van der Waals surface area contributed by atoms with Crippen LogP contribution in [0.5, 0.6) is 0 Å². The van der Waals surface area contributed by atoms with Gasteiger partial charge in [0.05, 0.1) is 12.6 Å². The molecule has 2 aliphatic heterocycles. The summed E-state index contributed by atoms with van der Waals surface area (Å²) in [5, 5.41) is 2.40. The Kier molecular flexibility index (Phi) is 12.2. The van der Waals surface area contributed by atoms with Crippen LogP contribution in [0.4, 0.5) is 5.69 Å². The summed E-state index contributed by atoms with van der Waals surface area (Å²) in [6, 6.07) is 19.2. The van der Waals surface area contributed by atoms with E-state index in [1.54, 1.807) is 24.9 Å². The molecule has 0 aromatic heterocycles. The summed E-state index contributed by atoms with van der Waals surface area (Å²) in [6.45, 7) is 10.1. The van der Waals surface area contributed by atoms with Crippen molar-refractivity contribution in [2.45, 2.75) is 51.8 Å². The number of hydrogen-bond donors (Lipinski definition) is 1. The normalized spacial score (nSPS) is 18.8. The molecule has 0 saturated carbocycles. The number of carbonyl (C=O) groups is 4. The first kappa shape index (κ1) is 33.7. The summed E-state index contributed by atoms with van der Waals surface area (Å²) >= 11 is 0. The summed E-state index contributed by atoms with van der Waals surface area (Å²) < 4.78 is 6.23. The zero-order chi connectivity index (χ0) is 32.3. The number of likely N-dealkylation sites (N-methyl/N-ethyl adjacent to an activating group) is 1. The van der Waals surface area contributed by atoms with Crippen molar-refractivity contribution in [3.8, 4) is 0 Å². The van der Waals surface area contributed by atoms with Gasteiger partial charge in [0.1, 0.15) is 12.1 Å². The van der Waals surface area contributed by atoms with Crippen molar-refractivity contribution in [2.24, 2.45) is 5.92 Å². The van der Waals surface area contributed by atoms with Crippen LogP contribution in [0.2, 0.25) is 0 Å². The maximum atomic E-state index is 13.7. The van der Waals surface area contributed by atoms with Crippen molar-refractivity contribution in [3.63, 3.8) is 0 Å². The Hall–Kier alpha value is -4.18. The Morgan fingerprint density at radius 2 is 1.62 bits per heavy atom. The van der Waals surface area contributed by atoms with Gasteiger partial charge in [-0.2, -0.15) is 0 Å². The fraction of sp³-hybridized carbons (Fsp3) is 0.486. The summed E-state index contributed by atoms with van der Waals surface area (Å²) in [7, 11) is 1.66. The van der Waals surface area contributed by atoms with Crippen LogP contribution in [0, 0.1) is 5.92 Å². The number of piperazine rings is 1. The average Bonchev–Trinajstić information content (AvgIpc) is 3.56. The number of hydrogen-bond acceptors (Lipinski definition) is 7. The predicted octanol–water partition coefficient (Wildman–Crippen LogP) is 3.26. The van der Waals surface area contributed by atoms with E-state index in [1.807, 2.05) is 50.2 Å². The van der Waals surface area contributed by atoms with E-state index in [9.17, 15) is 19.2 Å². The Labute approximate surface area is 267 Å². The molecule has 4 rings (SSSR count). The summed E-state index contributed by atoms with van der Waals surface area (Å²) in [5.74, 6) is -0.856. The van der Waals surface area contributed by atoms with Gasteiger partial charge in [-0.1, -0.05) is 68.5 Å². The molecule has 10 heteroatoms. The first-order valence-electron chi connectivity index (χ1n) is 15.9. The molecule has 1 N–H and O–H groups in total. The molecule has 0 aliphatic carbocycles. The fourth-order valence-corrected chi connectivity index (χ4v) is 6.14. The monoisotopic (exact) mass is 617 g/mol. The predicted molar refractivity (Wildman–Crippen MR) is 174 cm³/mol. The molecule has 2 heterocycles. The third-order valence-electron chi connectivity index (χ3n) is 8.75. The molecule has 1 unspecified atom stereocenters. The summed E-state index contributed by atoms with van der Waals surface area (Å²) in [6.07, 6.45) is 3.06. The fourth-order valence-electron chi connectivity index (χ4n) is 6.14. The van der Waals surface area contributed by atoms with Gasteiger partial charge in [-0.25, -0.2) is 4.79 Å². The Bertz CT molecular complexity index is 1310. The minimum Gasteiger partial charge on any atom is -0.455 e. The van der Waals surface area contributed by atoms with Crippen LogP contribution < -0.4 is 10.2 Å². The number of esters is 1. The number of ether oxygens (including phenoxy) is 1. The van der Waals surface area contributed by atoms with Crippen LogP contribution >= 0.6 is 0 Å². The van der Waals surface area contributed by atoms with Crippen LogP contribution in [-0.2, 0) is 23.9 Å². The van der Waals surface area contributed by atoms with Crippen LogP contribution in [0.3, 0.4) is 0 Å². The van der Waals surface area contributed by atoms with E-state index in [0.717, 1.165) is 31.7 Å². The van der Waals surface area contributed by atoms with Crippen molar-refractivity contribution >= 4 is 29.9 Å². The van der Waals surface area contributed by atoms with Crippen molar-refractivity contribution in [3.05, 3.63) is 77.9 Å². The van der Waals surface area contributed by atoms with E-state index in [4.69, 9.17) is 4.74 Å². The Morgan fingerprint density at radius 1 is 0.978 bits per heavy atom. The highest BCUT2D eigenvalue weighted by molar-refractivity contribution is 5.96. The maximum Gasteiger partial charge on any atom is 0.329 e. The summed E-state index contributed by atoms with van der Waals surface area (Å²) in [4.78, 5) is 58.5. The standard InChI is InChI=1S/C35H47N5O5/c1-26(2)31(37(4)33(42)23-36-25-41)22-27(3)34(43)40-17-11-16-30(40)35(44)45-32(28-12-7-5-8-13-28)24-38-18-20-39(21-19-38)29-14-9-6-10-15-29/h5-10,12-15,22,25-26,30-32H,11,16-21,23-24H2,1-4H3,(H,36,41)/t30-,31+,32?/m0/s1. The lowest BCUT2D eigenvalue weighted by molar-refractivity contribution is -0.158. The first-order chi connectivity index (χ1) is 21.7. The SMILES string of the molecule is CC(=C[C@H](C(C)C)N(C)C(=O)CNC=O)C(=O)N1CCC[C@H]1C(=O)OC(CN1CCN(c2ccccc2)CC1)c1ccccc1. The van der Waals surface area contributed by atoms with E-state index in [0.29, 0.717) is 37.9 Å². The number of anilines is 1. The molecule has 0 bridgehead atoms. The quantitative estimate of drug-likeness (QED) is 0.209. The third-order valence-corrected chi connectivity index (χ3v) is 8.75. The maximum absolute atomic E-state index is 13.7. The minimum absolute atomic E-state index is 0.0264. The molecule has 2 aromatic carbocycles. The number of benzene rings is 2. The number of rotatable bonds is 13. The number of nitrogens with one attached hydrogen (secondary N) is 1. The zero-order valence-corrected chi connectivity index (χ0v) is 26.9. The number of likely N-dealkylation sites (tertiary alicyclic amines) is 1. The zero-order valence-electron chi connectivity index (χ0n) is 26.9. The Morgan fingerprint density at radius 3 is 2.24 bits per heavy atom. The molecular formula is C35H47N5O5. The second kappa shape index (κ2) is 16.2. The summed E-state index contributed by atoms with van der Waals surface area (Å²) in [5.41, 5.74) is 2.61. The smallest absolute Gasteiger partial charge is 0.329 e. The molecule has 3 amide bonds. The lowest BCUT2D eigenvalue weighted by Crippen LogP contribution is -2.48. The molecule has 10 nitrogen and oxygen atoms in total. The van der Waals surface area contributed by atoms with Crippen LogP contribution in [0.15, 0.2) is 72.3 Å². The number of nitrogens with zero attached hydrogens (tertiary/aromatic N) is 4. The Balaban J connectivity index is 1.43. The number of carbonyl (C=O) groups excluding carboxylic acids is 4. The molecule has 0 spiro atoms. The van der Waals surface area contributed by atoms with Crippen molar-refractivity contribution in [1.29, 1.82) is 0 Å². The van der Waals surface area contributed by atoms with Crippen molar-refractivity contribution in [1.82, 2.24) is 20.0 Å². The molecule has 2 aliphatic rings. The average molecular weight is 618 g/mol. The molecule has 2 aromatic rings. The molecule has 45 heavy (non-hydrogen) atoms. The molecule has 242 valence electrons. The van der Waals surface area contributed by atoms with Gasteiger partial charge in [0.25, 0.3) is 0 Å². The van der Waals surface area contributed by atoms with Gasteiger partial charge in [0, 0.05) is 57.6 Å². The van der Waals surface area contributed by atoms with Gasteiger partial charge in [0.2, 0.25) is 18.2 Å². The highest BCUT2D eigenvalue weighted by Gasteiger charge is 2.38. The van der Waals surface area contributed by atoms with Gasteiger partial charge < -0.3 is 24.8 Å². The lowest BCUT2D eigenvalue weighted by atomic mass is 9.99. The van der Waals surface area contributed by atoms with Crippen molar-refractivity contribution in [2.75, 3.05) is 57.8 Å². The van der Waals surface area contributed by atoms with Gasteiger partial charge in [-0.3, -0.25) is 19.3 Å². The van der Waals surface area contributed by atoms with Gasteiger partial charge in [-0.05, 0) is 43.4 Å². The third kappa shape index (κ3) is 8.94. The van der Waals surface area contributed by atoms with E-state index >= 15 is 0 Å². The molecule has 2 saturated heterocycles. The topological polar surface area (TPSA) is 102 Å². The molecule has 0 radical (unpaired) electrons. The first-order valence-corrected chi connectivity index (χ1v) is 15.9. The van der Waals surface area contributed by atoms with Gasteiger partial charge in [-0.15, -0.1) is 0 Å². The highest BCUT2D eigenvalue weighted by Crippen LogP contribution is 2.27. The molecule has 3 atom stereocenters. The van der Waals surface area contributed by atoms with Crippen LogP contribution in [0.25, 0.3) is 0 Å². The van der Waals surface area contributed by atoms with E-state index in [1.165, 1.54) is 10.6 Å². The minimum atomic E-state index is -0.671. The van der Waals surface area contributed by atoms with E-state index in [2.05, 4.69) is 39.4 Å². The van der Waals surface area contributed by atoms with Gasteiger partial charge in [0.15, 0.2) is 0 Å². The second-order valence-corrected chi connectivity index (χ2v) is 12.2. The van der Waals surface area contributed by atoms with Crippen molar-refractivity contribution < 1.29 is 23.9 Å². The molecule has 2 fully saturated rings. The number of para-hydroxylation sites is 1. The second-order valence-electron chi connectivity index (χ2n) is 12.2. The highest BCUT2D eigenvalue weighted by atomic mass is 16.5. The molecular weight excluding hydrogens is 570 g/mol. The lowest BCUT2D eigenvalue weighted by Gasteiger charge is -2.37. The van der Waals surface area contributed by atoms with Crippen LogP contribution in [0.1, 0.15) is 45.3 Å². The largest absolute Gasteiger partial charge is 0.455 e. The number of amides is 3. The van der Waals surface area contributed by atoms with Crippen LogP contribution in [-0.4, -0.2) is 104 Å².